The second-order valence-electron chi connectivity index (χ2n) is 8.12. The molecule has 0 unspecified atom stereocenters. The molecule has 11 heteroatoms. The number of hydrogen-bond donors (Lipinski definition) is 2. The van der Waals surface area contributed by atoms with E-state index >= 15 is 4.39 Å². The minimum Gasteiger partial charge on any atom is -0.467 e. The molecule has 0 atom stereocenters. The molecule has 1 aliphatic rings. The monoisotopic (exact) mass is 501 g/mol. The number of nitrogens with zero attached hydrogens (tertiary/aromatic N) is 4. The van der Waals surface area contributed by atoms with E-state index in [9.17, 15) is 14.8 Å². The van der Waals surface area contributed by atoms with Crippen molar-refractivity contribution in [3.63, 3.8) is 0 Å². The summed E-state index contributed by atoms with van der Waals surface area (Å²) in [5, 5.41) is 20.1. The summed E-state index contributed by atoms with van der Waals surface area (Å²) in [6.07, 6.45) is 0.730. The molecule has 7 nitrogen and oxygen atoms in total. The fourth-order valence-electron chi connectivity index (χ4n) is 4.32. The van der Waals surface area contributed by atoms with E-state index in [2.05, 4.69) is 9.97 Å². The fraction of sp³-hybridized carbons (Fsp3) is 0.261. The number of halogens is 3. The lowest BCUT2D eigenvalue weighted by Gasteiger charge is -2.39. The van der Waals surface area contributed by atoms with Crippen LogP contribution in [0, 0.1) is 23.0 Å². The van der Waals surface area contributed by atoms with Crippen LogP contribution in [-0.4, -0.2) is 41.4 Å². The Hall–Kier alpha value is -3.26. The van der Waals surface area contributed by atoms with Gasteiger partial charge in [0.05, 0.1) is 28.5 Å². The third-order valence-electron chi connectivity index (χ3n) is 6.19. The number of benzene rings is 2. The maximum atomic E-state index is 16.1. The molecule has 0 saturated heterocycles. The highest BCUT2D eigenvalue weighted by atomic mass is 35.5. The molecular weight excluding hydrogens is 484 g/mol. The van der Waals surface area contributed by atoms with Crippen LogP contribution in [0.15, 0.2) is 18.2 Å². The van der Waals surface area contributed by atoms with Gasteiger partial charge in [0.2, 0.25) is 0 Å². The molecule has 0 spiro atoms. The molecule has 0 radical (unpaired) electrons. The molecule has 0 bridgehead atoms. The lowest BCUT2D eigenvalue weighted by molar-refractivity contribution is 0.0749. The standard InChI is InChI=1S/C23H18ClF2N5O2S/c1-31(9-5-10(32)6-9)22-12-7-14(24)17(18(26)19(12)29-23(30-22)33-2)11-3-4-15(25)20-16(11)13(8-27)21(28)34-20/h3-4,7,9-10,32H,5-6,28H2,1-2H3. The highest BCUT2D eigenvalue weighted by Crippen LogP contribution is 2.45. The first-order valence-electron chi connectivity index (χ1n) is 10.3. The molecule has 0 amide bonds. The fourth-order valence-corrected chi connectivity index (χ4v) is 5.57. The minimum atomic E-state index is -0.756. The van der Waals surface area contributed by atoms with Crippen LogP contribution in [0.25, 0.3) is 32.1 Å². The molecule has 1 fully saturated rings. The highest BCUT2D eigenvalue weighted by Gasteiger charge is 2.33. The molecular formula is C23H18ClF2N5O2S. The zero-order valence-corrected chi connectivity index (χ0v) is 19.6. The first kappa shape index (κ1) is 22.5. The number of ether oxygens (including phenoxy) is 1. The summed E-state index contributed by atoms with van der Waals surface area (Å²) in [6, 6.07) is 6.08. The summed E-state index contributed by atoms with van der Waals surface area (Å²) in [7, 11) is 3.18. The average molecular weight is 502 g/mol. The van der Waals surface area contributed by atoms with Crippen molar-refractivity contribution in [1.82, 2.24) is 9.97 Å². The number of nitriles is 1. The number of aromatic nitrogens is 2. The van der Waals surface area contributed by atoms with E-state index in [0.717, 1.165) is 11.3 Å². The van der Waals surface area contributed by atoms with Crippen LogP contribution in [0.5, 0.6) is 6.01 Å². The third kappa shape index (κ3) is 3.31. The van der Waals surface area contributed by atoms with Crippen LogP contribution < -0.4 is 15.4 Å². The number of thiophene rings is 1. The van der Waals surface area contributed by atoms with Crippen molar-refractivity contribution in [3.8, 4) is 23.2 Å². The Kier molecular flexibility index (Phi) is 5.43. The van der Waals surface area contributed by atoms with Crippen molar-refractivity contribution in [2.24, 2.45) is 0 Å². The third-order valence-corrected chi connectivity index (χ3v) is 7.52. The predicted octanol–water partition coefficient (Wildman–Crippen LogP) is 4.87. The zero-order chi connectivity index (χ0) is 24.3. The molecule has 2 aromatic heterocycles. The van der Waals surface area contributed by atoms with Gasteiger partial charge in [-0.15, -0.1) is 11.3 Å². The summed E-state index contributed by atoms with van der Waals surface area (Å²) in [4.78, 5) is 10.5. The number of rotatable bonds is 4. The smallest absolute Gasteiger partial charge is 0.318 e. The van der Waals surface area contributed by atoms with Crippen molar-refractivity contribution >= 4 is 54.7 Å². The van der Waals surface area contributed by atoms with E-state index in [4.69, 9.17) is 22.1 Å². The molecule has 5 rings (SSSR count). The van der Waals surface area contributed by atoms with Gasteiger partial charge in [0.15, 0.2) is 5.82 Å². The normalized spacial score (nSPS) is 17.6. The SMILES string of the molecule is COc1nc(N(C)C2CC(O)C2)c2cc(Cl)c(-c3ccc(F)c4sc(N)c(C#N)c34)c(F)c2n1. The quantitative estimate of drug-likeness (QED) is 0.411. The maximum Gasteiger partial charge on any atom is 0.318 e. The van der Waals surface area contributed by atoms with Crippen LogP contribution in [0.2, 0.25) is 5.02 Å². The molecule has 4 aromatic rings. The van der Waals surface area contributed by atoms with Crippen LogP contribution >= 0.6 is 22.9 Å². The summed E-state index contributed by atoms with van der Waals surface area (Å²) in [6.45, 7) is 0. The second kappa shape index (κ2) is 8.20. The van der Waals surface area contributed by atoms with Crippen LogP contribution in [0.4, 0.5) is 19.6 Å². The molecule has 34 heavy (non-hydrogen) atoms. The Bertz CT molecular complexity index is 1510. The number of nitrogens with two attached hydrogens (primary N) is 1. The topological polar surface area (TPSA) is 108 Å². The van der Waals surface area contributed by atoms with Gasteiger partial charge in [0.1, 0.15) is 28.2 Å². The predicted molar refractivity (Wildman–Crippen MR) is 128 cm³/mol. The Morgan fingerprint density at radius 2 is 2.06 bits per heavy atom. The number of nitrogen functional groups attached to an aromatic ring is 1. The van der Waals surface area contributed by atoms with Crippen molar-refractivity contribution in [2.45, 2.75) is 25.0 Å². The van der Waals surface area contributed by atoms with E-state index in [-0.39, 0.29) is 60.5 Å². The van der Waals surface area contributed by atoms with Crippen molar-refractivity contribution in [2.75, 3.05) is 24.8 Å². The Morgan fingerprint density at radius 1 is 1.32 bits per heavy atom. The number of aliphatic hydroxyl groups excluding tert-OH is 1. The first-order valence-corrected chi connectivity index (χ1v) is 11.5. The second-order valence-corrected chi connectivity index (χ2v) is 9.58. The van der Waals surface area contributed by atoms with Crippen LogP contribution in [0.1, 0.15) is 18.4 Å². The molecule has 0 aliphatic heterocycles. The van der Waals surface area contributed by atoms with E-state index in [1.807, 2.05) is 11.0 Å². The Labute approximate surface area is 202 Å². The summed E-state index contributed by atoms with van der Waals surface area (Å²) >= 11 is 7.52. The van der Waals surface area contributed by atoms with Crippen molar-refractivity contribution in [1.29, 1.82) is 5.26 Å². The molecule has 1 aliphatic carbocycles. The Balaban J connectivity index is 1.80. The van der Waals surface area contributed by atoms with Gasteiger partial charge in [0.25, 0.3) is 0 Å². The molecule has 2 heterocycles. The van der Waals surface area contributed by atoms with Gasteiger partial charge in [-0.05, 0) is 30.5 Å². The number of fused-ring (bicyclic) bond motifs is 2. The van der Waals surface area contributed by atoms with Gasteiger partial charge in [-0.1, -0.05) is 17.7 Å². The minimum absolute atomic E-state index is 0.0167. The van der Waals surface area contributed by atoms with Gasteiger partial charge in [-0.25, -0.2) is 8.78 Å². The molecule has 174 valence electrons. The first-order chi connectivity index (χ1) is 16.2. The van der Waals surface area contributed by atoms with Gasteiger partial charge in [-0.2, -0.15) is 15.2 Å². The lowest BCUT2D eigenvalue weighted by atomic mass is 9.88. The zero-order valence-electron chi connectivity index (χ0n) is 18.1. The summed E-state index contributed by atoms with van der Waals surface area (Å²) < 4.78 is 36.0. The van der Waals surface area contributed by atoms with E-state index in [1.54, 1.807) is 13.1 Å². The van der Waals surface area contributed by atoms with Gasteiger partial charge in [0, 0.05) is 29.4 Å². The summed E-state index contributed by atoms with van der Waals surface area (Å²) in [5.41, 5.74) is 6.18. The molecule has 2 aromatic carbocycles. The average Bonchev–Trinajstić information content (AvgIpc) is 3.14. The van der Waals surface area contributed by atoms with E-state index < -0.39 is 11.6 Å². The maximum absolute atomic E-state index is 16.1. The number of anilines is 2. The Morgan fingerprint density at radius 3 is 2.71 bits per heavy atom. The molecule has 1 saturated carbocycles. The van der Waals surface area contributed by atoms with Crippen LogP contribution in [-0.2, 0) is 0 Å². The number of methoxy groups -OCH3 is 1. The van der Waals surface area contributed by atoms with Gasteiger partial charge in [-0.3, -0.25) is 0 Å². The summed E-state index contributed by atoms with van der Waals surface area (Å²) in [5.74, 6) is -0.911. The lowest BCUT2D eigenvalue weighted by Crippen LogP contribution is -2.45. The van der Waals surface area contributed by atoms with Gasteiger partial charge >= 0.3 is 6.01 Å². The van der Waals surface area contributed by atoms with E-state index in [0.29, 0.717) is 24.0 Å². The largest absolute Gasteiger partial charge is 0.467 e. The van der Waals surface area contributed by atoms with Crippen molar-refractivity contribution < 1.29 is 18.6 Å². The van der Waals surface area contributed by atoms with Crippen LogP contribution in [0.3, 0.4) is 0 Å². The van der Waals surface area contributed by atoms with Crippen molar-refractivity contribution in [3.05, 3.63) is 40.4 Å². The van der Waals surface area contributed by atoms with E-state index in [1.165, 1.54) is 19.2 Å². The number of aliphatic hydroxyl groups is 1. The molecule has 3 N–H and O–H groups in total. The van der Waals surface area contributed by atoms with Gasteiger partial charge < -0.3 is 20.5 Å². The highest BCUT2D eigenvalue weighted by molar-refractivity contribution is 7.23. The number of hydrogen-bond acceptors (Lipinski definition) is 8.